The second kappa shape index (κ2) is 40.6. The van der Waals surface area contributed by atoms with E-state index in [1.54, 1.807) is 0 Å². The van der Waals surface area contributed by atoms with Crippen molar-refractivity contribution in [2.24, 2.45) is 0 Å². The molecule has 0 amide bonds. The van der Waals surface area contributed by atoms with Gasteiger partial charge in [0.15, 0.2) is 0 Å². The van der Waals surface area contributed by atoms with E-state index in [2.05, 4.69) is 30.6 Å². The number of aliphatic hydroxyl groups is 1. The number of nitrogens with zero attached hydrogens (tertiary/aromatic N) is 2. The highest BCUT2D eigenvalue weighted by molar-refractivity contribution is 5.69. The molecule has 0 spiro atoms. The second-order valence-electron chi connectivity index (χ2n) is 17.4. The molecule has 0 aromatic carbocycles. The zero-order valence-electron chi connectivity index (χ0n) is 37.8. The smallest absolute Gasteiger partial charge is 0.306 e. The zero-order chi connectivity index (χ0) is 40.6. The van der Waals surface area contributed by atoms with Crippen molar-refractivity contribution in [2.75, 3.05) is 45.9 Å². The number of ether oxygens (including phenoxy) is 2. The molecule has 1 heterocycles. The summed E-state index contributed by atoms with van der Waals surface area (Å²) in [6.45, 7) is 12.9. The maximum absolute atomic E-state index is 12.7. The molecule has 332 valence electrons. The van der Waals surface area contributed by atoms with Gasteiger partial charge in [0.25, 0.3) is 0 Å². The third-order valence-electron chi connectivity index (χ3n) is 12.2. The highest BCUT2D eigenvalue weighted by atomic mass is 16.5. The van der Waals surface area contributed by atoms with Gasteiger partial charge in [0.2, 0.25) is 0 Å². The van der Waals surface area contributed by atoms with Crippen molar-refractivity contribution in [3.8, 4) is 0 Å². The molecule has 0 bridgehead atoms. The maximum atomic E-state index is 12.7. The molecule has 1 aliphatic rings. The monoisotopic (exact) mass is 793 g/mol. The summed E-state index contributed by atoms with van der Waals surface area (Å²) in [4.78, 5) is 30.0. The highest BCUT2D eigenvalue weighted by Crippen LogP contribution is 2.21. The lowest BCUT2D eigenvalue weighted by Gasteiger charge is -2.38. The van der Waals surface area contributed by atoms with Crippen LogP contribution in [0.4, 0.5) is 0 Å². The van der Waals surface area contributed by atoms with Crippen molar-refractivity contribution in [1.82, 2.24) is 9.80 Å². The predicted molar refractivity (Wildman–Crippen MR) is 238 cm³/mol. The SMILES string of the molecule is CCCCCCCCCOC(=O)CCCCCCCN(CCO)C1CCN(CCCCCCCC(=O)OC(CCCCCCCC)CCCCCCCC)CC1. The van der Waals surface area contributed by atoms with Gasteiger partial charge in [-0.3, -0.25) is 14.5 Å². The molecule has 0 unspecified atom stereocenters. The van der Waals surface area contributed by atoms with E-state index >= 15 is 0 Å². The molecule has 56 heavy (non-hydrogen) atoms. The Labute approximate surface area is 348 Å². The fourth-order valence-corrected chi connectivity index (χ4v) is 8.49. The number of hydrogen-bond acceptors (Lipinski definition) is 7. The Morgan fingerprint density at radius 1 is 0.554 bits per heavy atom. The van der Waals surface area contributed by atoms with Gasteiger partial charge in [-0.2, -0.15) is 0 Å². The standard InChI is InChI=1S/C49H96N2O5/c1-4-7-10-13-16-25-32-45-55-48(53)35-28-21-18-24-31-40-51(43-44-52)46-37-41-50(42-38-46)39-30-23-17-22-29-36-49(54)56-47(33-26-19-14-11-8-5-2)34-27-20-15-12-9-6-3/h46-47,52H,4-45H2,1-3H3. The molecule has 0 aromatic rings. The molecule has 0 aliphatic carbocycles. The molecule has 7 nitrogen and oxygen atoms in total. The van der Waals surface area contributed by atoms with Crippen molar-refractivity contribution >= 4 is 11.9 Å². The summed E-state index contributed by atoms with van der Waals surface area (Å²) in [6, 6.07) is 0.584. The summed E-state index contributed by atoms with van der Waals surface area (Å²) in [6.07, 6.45) is 41.2. The Kier molecular flexibility index (Phi) is 38.3. The average Bonchev–Trinajstić information content (AvgIpc) is 3.20. The Morgan fingerprint density at radius 3 is 1.54 bits per heavy atom. The van der Waals surface area contributed by atoms with Crippen LogP contribution in [0, 0.1) is 0 Å². The second-order valence-corrected chi connectivity index (χ2v) is 17.4. The van der Waals surface area contributed by atoms with Gasteiger partial charge in [0.05, 0.1) is 13.2 Å². The maximum Gasteiger partial charge on any atom is 0.306 e. The van der Waals surface area contributed by atoms with E-state index in [1.807, 2.05) is 0 Å². The number of carbonyl (C=O) groups is 2. The van der Waals surface area contributed by atoms with Crippen LogP contribution in [0.1, 0.15) is 245 Å². The van der Waals surface area contributed by atoms with Gasteiger partial charge >= 0.3 is 11.9 Å². The van der Waals surface area contributed by atoms with E-state index in [0.717, 1.165) is 71.1 Å². The summed E-state index contributed by atoms with van der Waals surface area (Å²) in [5.74, 6) is 0.0133. The van der Waals surface area contributed by atoms with Crippen molar-refractivity contribution in [3.63, 3.8) is 0 Å². The first-order valence-corrected chi connectivity index (χ1v) is 25.0. The molecule has 0 aromatic heterocycles. The van der Waals surface area contributed by atoms with Gasteiger partial charge in [-0.25, -0.2) is 0 Å². The number of unbranched alkanes of at least 4 members (excludes halogenated alkanes) is 24. The number of esters is 2. The predicted octanol–water partition coefficient (Wildman–Crippen LogP) is 13.1. The van der Waals surface area contributed by atoms with Crippen LogP contribution in [-0.4, -0.2) is 84.9 Å². The summed E-state index contributed by atoms with van der Waals surface area (Å²) < 4.78 is 11.5. The number of likely N-dealkylation sites (tertiary alicyclic amines) is 1. The van der Waals surface area contributed by atoms with Crippen molar-refractivity contribution in [1.29, 1.82) is 0 Å². The minimum Gasteiger partial charge on any atom is -0.466 e. The first-order valence-electron chi connectivity index (χ1n) is 25.0. The fourth-order valence-electron chi connectivity index (χ4n) is 8.49. The number of aliphatic hydroxyl groups excluding tert-OH is 1. The molecule has 0 atom stereocenters. The van der Waals surface area contributed by atoms with Crippen LogP contribution >= 0.6 is 0 Å². The van der Waals surface area contributed by atoms with E-state index in [0.29, 0.717) is 25.5 Å². The number of piperidine rings is 1. The van der Waals surface area contributed by atoms with Crippen LogP contribution in [0.3, 0.4) is 0 Å². The van der Waals surface area contributed by atoms with E-state index in [1.165, 1.54) is 173 Å². The summed E-state index contributed by atoms with van der Waals surface area (Å²) in [5, 5.41) is 9.75. The third-order valence-corrected chi connectivity index (χ3v) is 12.2. The quantitative estimate of drug-likeness (QED) is 0.0487. The highest BCUT2D eigenvalue weighted by Gasteiger charge is 2.24. The van der Waals surface area contributed by atoms with Crippen molar-refractivity contribution in [2.45, 2.75) is 258 Å². The number of hydrogen-bond donors (Lipinski definition) is 1. The molecular formula is C49H96N2O5. The third kappa shape index (κ3) is 32.7. The summed E-state index contributed by atoms with van der Waals surface area (Å²) in [7, 11) is 0. The molecule has 1 fully saturated rings. The van der Waals surface area contributed by atoms with Gasteiger partial charge in [-0.05, 0) is 96.8 Å². The molecule has 1 N–H and O–H groups in total. The largest absolute Gasteiger partial charge is 0.466 e. The van der Waals surface area contributed by atoms with Gasteiger partial charge < -0.3 is 19.5 Å². The first kappa shape index (κ1) is 52.8. The molecule has 0 radical (unpaired) electrons. The zero-order valence-corrected chi connectivity index (χ0v) is 37.8. The van der Waals surface area contributed by atoms with Crippen molar-refractivity contribution in [3.05, 3.63) is 0 Å². The first-order chi connectivity index (χ1) is 27.5. The molecule has 1 saturated heterocycles. The van der Waals surface area contributed by atoms with E-state index in [9.17, 15) is 14.7 Å². The Morgan fingerprint density at radius 2 is 1.00 bits per heavy atom. The molecule has 1 aliphatic heterocycles. The van der Waals surface area contributed by atoms with E-state index in [4.69, 9.17) is 9.47 Å². The Bertz CT molecular complexity index is 832. The van der Waals surface area contributed by atoms with E-state index in [-0.39, 0.29) is 24.6 Å². The summed E-state index contributed by atoms with van der Waals surface area (Å²) >= 11 is 0. The van der Waals surface area contributed by atoms with Crippen LogP contribution in [0.25, 0.3) is 0 Å². The average molecular weight is 793 g/mol. The molecule has 7 heteroatoms. The van der Waals surface area contributed by atoms with Crippen LogP contribution in [0.2, 0.25) is 0 Å². The van der Waals surface area contributed by atoms with Crippen LogP contribution in [0.15, 0.2) is 0 Å². The molecule has 0 saturated carbocycles. The van der Waals surface area contributed by atoms with Crippen LogP contribution in [0.5, 0.6) is 0 Å². The van der Waals surface area contributed by atoms with Gasteiger partial charge in [0.1, 0.15) is 6.10 Å². The lowest BCUT2D eigenvalue weighted by Crippen LogP contribution is -2.46. The topological polar surface area (TPSA) is 79.3 Å². The lowest BCUT2D eigenvalue weighted by atomic mass is 10.0. The summed E-state index contributed by atoms with van der Waals surface area (Å²) in [5.41, 5.74) is 0. The minimum atomic E-state index is -0.0220. The normalized spacial score (nSPS) is 14.0. The van der Waals surface area contributed by atoms with Crippen LogP contribution in [-0.2, 0) is 19.1 Å². The van der Waals surface area contributed by atoms with Gasteiger partial charge in [0, 0.05) is 25.4 Å². The van der Waals surface area contributed by atoms with Crippen LogP contribution < -0.4 is 0 Å². The Balaban J connectivity index is 2.11. The fraction of sp³-hybridized carbons (Fsp3) is 0.959. The number of rotatable bonds is 42. The van der Waals surface area contributed by atoms with Gasteiger partial charge in [-0.15, -0.1) is 0 Å². The Hall–Kier alpha value is -1.18. The minimum absolute atomic E-state index is 0.0220. The van der Waals surface area contributed by atoms with Crippen molar-refractivity contribution < 1.29 is 24.2 Å². The molecule has 1 rings (SSSR count). The van der Waals surface area contributed by atoms with Gasteiger partial charge in [-0.1, -0.05) is 162 Å². The number of carbonyl (C=O) groups excluding carboxylic acids is 2. The van der Waals surface area contributed by atoms with E-state index < -0.39 is 0 Å². The molecular weight excluding hydrogens is 697 g/mol. The lowest BCUT2D eigenvalue weighted by molar-refractivity contribution is -0.150.